The minimum absolute atomic E-state index is 0.200. The second kappa shape index (κ2) is 7.13. The zero-order chi connectivity index (χ0) is 20.7. The quantitative estimate of drug-likeness (QED) is 0.501. The van der Waals surface area contributed by atoms with E-state index in [1.54, 1.807) is 31.2 Å². The van der Waals surface area contributed by atoms with E-state index in [0.717, 1.165) is 22.4 Å². The number of nitrogens with one attached hydrogen (secondary N) is 1. The Morgan fingerprint density at radius 2 is 1.72 bits per heavy atom. The fourth-order valence-corrected chi connectivity index (χ4v) is 3.64. The van der Waals surface area contributed by atoms with E-state index >= 15 is 0 Å². The summed E-state index contributed by atoms with van der Waals surface area (Å²) in [7, 11) is 0. The van der Waals surface area contributed by atoms with Crippen molar-refractivity contribution in [3.05, 3.63) is 76.2 Å². The molecule has 6 heteroatoms. The van der Waals surface area contributed by atoms with E-state index < -0.39 is 5.82 Å². The van der Waals surface area contributed by atoms with Gasteiger partial charge in [-0.2, -0.15) is 0 Å². The highest BCUT2D eigenvalue weighted by Crippen LogP contribution is 2.30. The van der Waals surface area contributed by atoms with Crippen molar-refractivity contribution in [3.63, 3.8) is 0 Å². The first-order chi connectivity index (χ1) is 13.8. The molecule has 2 heterocycles. The largest absolute Gasteiger partial charge is 0.335 e. The van der Waals surface area contributed by atoms with Crippen LogP contribution >= 0.6 is 0 Å². The van der Waals surface area contributed by atoms with Crippen LogP contribution in [0.5, 0.6) is 0 Å². The highest BCUT2D eigenvalue weighted by Gasteiger charge is 2.21. The summed E-state index contributed by atoms with van der Waals surface area (Å²) in [5.41, 5.74) is 5.52. The number of nitrogens with zero attached hydrogens (tertiary/aromatic N) is 2. The number of benzene rings is 2. The van der Waals surface area contributed by atoms with Gasteiger partial charge < -0.3 is 9.84 Å². The van der Waals surface area contributed by atoms with Crippen LogP contribution in [0.2, 0.25) is 0 Å². The molecule has 2 aromatic heterocycles. The number of anilines is 1. The Hall–Kier alpha value is -3.54. The van der Waals surface area contributed by atoms with Gasteiger partial charge in [-0.3, -0.25) is 4.79 Å². The maximum atomic E-state index is 14.3. The summed E-state index contributed by atoms with van der Waals surface area (Å²) < 4.78 is 19.6. The molecule has 0 aliphatic heterocycles. The number of fused-ring (bicyclic) bond motifs is 1. The van der Waals surface area contributed by atoms with E-state index in [-0.39, 0.29) is 11.6 Å². The Kier molecular flexibility index (Phi) is 4.62. The highest BCUT2D eigenvalue weighted by molar-refractivity contribution is 6.13. The normalized spacial score (nSPS) is 11.1. The number of halogens is 1. The molecule has 4 aromatic rings. The average molecular weight is 389 g/mol. The van der Waals surface area contributed by atoms with Crippen LogP contribution in [-0.2, 0) is 0 Å². The van der Waals surface area contributed by atoms with Gasteiger partial charge in [0.25, 0.3) is 11.6 Å². The zero-order valence-electron chi connectivity index (χ0n) is 16.6. The lowest BCUT2D eigenvalue weighted by molar-refractivity contribution is 0.102. The van der Waals surface area contributed by atoms with Gasteiger partial charge in [-0.05, 0) is 57.0 Å². The van der Waals surface area contributed by atoms with Crippen LogP contribution in [0.15, 0.2) is 47.0 Å². The van der Waals surface area contributed by atoms with E-state index in [1.807, 2.05) is 32.9 Å². The predicted molar refractivity (Wildman–Crippen MR) is 111 cm³/mol. The zero-order valence-corrected chi connectivity index (χ0v) is 16.6. The van der Waals surface area contributed by atoms with Crippen molar-refractivity contribution in [1.82, 2.24) is 10.1 Å². The van der Waals surface area contributed by atoms with Gasteiger partial charge in [0.1, 0.15) is 5.82 Å². The van der Waals surface area contributed by atoms with Gasteiger partial charge in [0.05, 0.1) is 22.3 Å². The van der Waals surface area contributed by atoms with E-state index in [0.29, 0.717) is 27.9 Å². The summed E-state index contributed by atoms with van der Waals surface area (Å²) in [6.07, 6.45) is 0. The number of carbonyl (C=O) groups is 1. The molecule has 4 rings (SSSR count). The van der Waals surface area contributed by atoms with Crippen molar-refractivity contribution in [1.29, 1.82) is 0 Å². The van der Waals surface area contributed by atoms with Crippen LogP contribution in [0.4, 0.5) is 10.1 Å². The molecule has 0 aliphatic rings. The Morgan fingerprint density at radius 1 is 1.03 bits per heavy atom. The molecule has 146 valence electrons. The molecular weight excluding hydrogens is 369 g/mol. The van der Waals surface area contributed by atoms with Gasteiger partial charge in [-0.1, -0.05) is 35.0 Å². The molecule has 0 spiro atoms. The molecule has 1 amide bonds. The molecular formula is C23H20FN3O2. The molecule has 2 aromatic carbocycles. The summed E-state index contributed by atoms with van der Waals surface area (Å²) in [6, 6.07) is 11.9. The molecule has 0 saturated carbocycles. The Bertz CT molecular complexity index is 1240. The Morgan fingerprint density at radius 3 is 2.41 bits per heavy atom. The molecule has 0 fully saturated rings. The van der Waals surface area contributed by atoms with Crippen LogP contribution < -0.4 is 5.32 Å². The summed E-state index contributed by atoms with van der Waals surface area (Å²) >= 11 is 0. The Labute approximate surface area is 167 Å². The molecule has 0 saturated heterocycles. The maximum absolute atomic E-state index is 14.3. The van der Waals surface area contributed by atoms with Gasteiger partial charge in [0.2, 0.25) is 0 Å². The lowest BCUT2D eigenvalue weighted by Gasteiger charge is -2.14. The molecule has 0 atom stereocenters. The van der Waals surface area contributed by atoms with Crippen LogP contribution in [0.1, 0.15) is 32.7 Å². The fourth-order valence-electron chi connectivity index (χ4n) is 3.64. The van der Waals surface area contributed by atoms with E-state index in [1.165, 1.54) is 6.07 Å². The number of aryl methyl sites for hydroxylation is 4. The third kappa shape index (κ3) is 3.38. The number of amides is 1. The van der Waals surface area contributed by atoms with Gasteiger partial charge in [-0.25, -0.2) is 9.37 Å². The van der Waals surface area contributed by atoms with Gasteiger partial charge in [0.15, 0.2) is 0 Å². The first kappa shape index (κ1) is 18.8. The number of hydrogen-bond acceptors (Lipinski definition) is 4. The average Bonchev–Trinajstić information content (AvgIpc) is 3.05. The molecule has 5 nitrogen and oxygen atoms in total. The lowest BCUT2D eigenvalue weighted by Crippen LogP contribution is -2.15. The summed E-state index contributed by atoms with van der Waals surface area (Å²) in [6.45, 7) is 7.66. The van der Waals surface area contributed by atoms with Crippen molar-refractivity contribution in [2.24, 2.45) is 0 Å². The lowest BCUT2D eigenvalue weighted by atomic mass is 10.0. The van der Waals surface area contributed by atoms with E-state index in [9.17, 15) is 9.18 Å². The maximum Gasteiger partial charge on any atom is 0.259 e. The topological polar surface area (TPSA) is 68.0 Å². The van der Waals surface area contributed by atoms with Crippen LogP contribution in [-0.4, -0.2) is 16.0 Å². The van der Waals surface area contributed by atoms with E-state index in [4.69, 9.17) is 4.52 Å². The third-order valence-corrected chi connectivity index (χ3v) is 4.93. The summed E-state index contributed by atoms with van der Waals surface area (Å²) in [4.78, 5) is 17.6. The number of rotatable bonds is 3. The molecule has 0 bridgehead atoms. The van der Waals surface area contributed by atoms with Crippen molar-refractivity contribution < 1.29 is 13.7 Å². The number of hydrogen-bond donors (Lipinski definition) is 1. The van der Waals surface area contributed by atoms with Crippen molar-refractivity contribution in [3.8, 4) is 11.3 Å². The standard InChI is InChI=1S/C23H20FN3O2/c1-12-9-13(2)21(14(3)10-12)26-22(28)17-11-19(16-7-5-6-8-18(16)24)25-23-20(17)15(4)27-29-23/h5-11H,1-4H3,(H,26,28). The number of aromatic nitrogens is 2. The van der Waals surface area contributed by atoms with Gasteiger partial charge in [0, 0.05) is 11.3 Å². The van der Waals surface area contributed by atoms with Crippen LogP contribution in [0.25, 0.3) is 22.4 Å². The van der Waals surface area contributed by atoms with Crippen LogP contribution in [0.3, 0.4) is 0 Å². The first-order valence-corrected chi connectivity index (χ1v) is 9.26. The fraction of sp³-hybridized carbons (Fsp3) is 0.174. The molecule has 1 N–H and O–H groups in total. The smallest absolute Gasteiger partial charge is 0.259 e. The molecule has 0 radical (unpaired) electrons. The molecule has 0 unspecified atom stereocenters. The summed E-state index contributed by atoms with van der Waals surface area (Å²) in [5, 5.41) is 7.45. The summed E-state index contributed by atoms with van der Waals surface area (Å²) in [5.74, 6) is -0.747. The van der Waals surface area contributed by atoms with Crippen molar-refractivity contribution in [2.45, 2.75) is 27.7 Å². The van der Waals surface area contributed by atoms with Crippen molar-refractivity contribution in [2.75, 3.05) is 5.32 Å². The number of carbonyl (C=O) groups excluding carboxylic acids is 1. The number of pyridine rings is 1. The predicted octanol–water partition coefficient (Wildman–Crippen LogP) is 5.51. The van der Waals surface area contributed by atoms with Crippen molar-refractivity contribution >= 4 is 22.7 Å². The first-order valence-electron chi connectivity index (χ1n) is 9.26. The SMILES string of the molecule is Cc1cc(C)c(NC(=O)c2cc(-c3ccccc3F)nc3onc(C)c23)c(C)c1. The van der Waals surface area contributed by atoms with E-state index in [2.05, 4.69) is 15.5 Å². The molecule has 0 aliphatic carbocycles. The van der Waals surface area contributed by atoms with Gasteiger partial charge in [-0.15, -0.1) is 0 Å². The minimum Gasteiger partial charge on any atom is -0.335 e. The highest BCUT2D eigenvalue weighted by atomic mass is 19.1. The third-order valence-electron chi connectivity index (χ3n) is 4.93. The monoisotopic (exact) mass is 389 g/mol. The second-order valence-electron chi connectivity index (χ2n) is 7.21. The van der Waals surface area contributed by atoms with Gasteiger partial charge >= 0.3 is 0 Å². The minimum atomic E-state index is -0.424. The molecule has 29 heavy (non-hydrogen) atoms. The Balaban J connectivity index is 1.85. The van der Waals surface area contributed by atoms with Crippen LogP contribution in [0, 0.1) is 33.5 Å². The second-order valence-corrected chi connectivity index (χ2v) is 7.21.